The number of amides is 1. The molecule has 0 heterocycles. The normalized spacial score (nSPS) is 20.7. The molecule has 0 spiro atoms. The number of carbonyl (C=O) groups excluding carboxylic acids is 1. The summed E-state index contributed by atoms with van der Waals surface area (Å²) in [6.45, 7) is 5.26. The third-order valence-electron chi connectivity index (χ3n) is 4.13. The van der Waals surface area contributed by atoms with Crippen LogP contribution in [0.1, 0.15) is 46.5 Å². The SMILES string of the molecule is CC(C)(C)OC(=O)N[C@H]1CCCC[C@@H]1NS(=O)(=O)c1ccc([N+](=O)[O-])cc1. The van der Waals surface area contributed by atoms with E-state index in [4.69, 9.17) is 4.74 Å². The minimum atomic E-state index is -3.87. The van der Waals surface area contributed by atoms with Crippen LogP contribution in [0.15, 0.2) is 29.2 Å². The van der Waals surface area contributed by atoms with Crippen LogP contribution in [0.5, 0.6) is 0 Å². The number of rotatable bonds is 5. The Morgan fingerprint density at radius 3 is 2.22 bits per heavy atom. The maximum Gasteiger partial charge on any atom is 0.407 e. The summed E-state index contributed by atoms with van der Waals surface area (Å²) in [5, 5.41) is 13.5. The van der Waals surface area contributed by atoms with Gasteiger partial charge in [0.05, 0.1) is 9.82 Å². The van der Waals surface area contributed by atoms with Crippen molar-refractivity contribution in [3.05, 3.63) is 34.4 Å². The average Bonchev–Trinajstić information content (AvgIpc) is 2.55. The molecule has 1 aromatic rings. The summed E-state index contributed by atoms with van der Waals surface area (Å²) in [5.41, 5.74) is -0.831. The van der Waals surface area contributed by atoms with Gasteiger partial charge in [-0.1, -0.05) is 12.8 Å². The summed E-state index contributed by atoms with van der Waals surface area (Å²) in [5.74, 6) is 0. The van der Waals surface area contributed by atoms with Crippen molar-refractivity contribution in [3.63, 3.8) is 0 Å². The molecule has 150 valence electrons. The topological polar surface area (TPSA) is 128 Å². The van der Waals surface area contributed by atoms with Crippen LogP contribution in [-0.4, -0.2) is 37.1 Å². The monoisotopic (exact) mass is 399 g/mol. The standard InChI is InChI=1S/C17H25N3O6S/c1-17(2,3)26-16(21)18-14-6-4-5-7-15(14)19-27(24,25)13-10-8-12(9-11-13)20(22)23/h8-11,14-15,19H,4-7H2,1-3H3,(H,18,21)/t14-,15-/m0/s1. The number of benzene rings is 1. The van der Waals surface area contributed by atoms with Gasteiger partial charge in [-0.3, -0.25) is 10.1 Å². The fraction of sp³-hybridized carbons (Fsp3) is 0.588. The molecule has 0 aliphatic heterocycles. The van der Waals surface area contributed by atoms with Gasteiger partial charge in [-0.25, -0.2) is 17.9 Å². The number of non-ortho nitro benzene ring substituents is 1. The second-order valence-corrected chi connectivity index (χ2v) is 9.23. The molecule has 9 nitrogen and oxygen atoms in total. The van der Waals surface area contributed by atoms with E-state index >= 15 is 0 Å². The molecule has 1 aliphatic carbocycles. The van der Waals surface area contributed by atoms with Crippen LogP contribution < -0.4 is 10.0 Å². The van der Waals surface area contributed by atoms with Crippen molar-refractivity contribution in [2.45, 2.75) is 69.0 Å². The van der Waals surface area contributed by atoms with E-state index < -0.39 is 32.7 Å². The Morgan fingerprint density at radius 2 is 1.70 bits per heavy atom. The third-order valence-corrected chi connectivity index (χ3v) is 5.64. The van der Waals surface area contributed by atoms with Crippen LogP contribution in [0.4, 0.5) is 10.5 Å². The van der Waals surface area contributed by atoms with E-state index in [-0.39, 0.29) is 16.6 Å². The molecular weight excluding hydrogens is 374 g/mol. The van der Waals surface area contributed by atoms with Crippen LogP contribution >= 0.6 is 0 Å². The maximum atomic E-state index is 12.6. The van der Waals surface area contributed by atoms with Crippen molar-refractivity contribution >= 4 is 21.8 Å². The lowest BCUT2D eigenvalue weighted by Gasteiger charge is -2.33. The van der Waals surface area contributed by atoms with Crippen LogP contribution in [0.2, 0.25) is 0 Å². The molecule has 27 heavy (non-hydrogen) atoms. The van der Waals surface area contributed by atoms with Crippen molar-refractivity contribution in [3.8, 4) is 0 Å². The van der Waals surface area contributed by atoms with Gasteiger partial charge in [-0.15, -0.1) is 0 Å². The Morgan fingerprint density at radius 1 is 1.15 bits per heavy atom. The van der Waals surface area contributed by atoms with Gasteiger partial charge in [0.15, 0.2) is 0 Å². The summed E-state index contributed by atoms with van der Waals surface area (Å²) in [4.78, 5) is 22.1. The number of alkyl carbamates (subject to hydrolysis) is 1. The van der Waals surface area contributed by atoms with Crippen LogP contribution in [0.25, 0.3) is 0 Å². The zero-order chi connectivity index (χ0) is 20.2. The third kappa shape index (κ3) is 6.17. The highest BCUT2D eigenvalue weighted by atomic mass is 32.2. The van der Waals surface area contributed by atoms with Gasteiger partial charge in [-0.2, -0.15) is 0 Å². The number of nitrogens with one attached hydrogen (secondary N) is 2. The van der Waals surface area contributed by atoms with E-state index in [0.717, 1.165) is 25.0 Å². The molecule has 2 rings (SSSR count). The molecule has 0 aromatic heterocycles. The summed E-state index contributed by atoms with van der Waals surface area (Å²) in [6.07, 6.45) is 2.32. The molecule has 10 heteroatoms. The molecule has 1 fully saturated rings. The lowest BCUT2D eigenvalue weighted by atomic mass is 9.91. The zero-order valence-corrected chi connectivity index (χ0v) is 16.4. The quantitative estimate of drug-likeness (QED) is 0.579. The summed E-state index contributed by atoms with van der Waals surface area (Å²) in [6, 6.07) is 3.81. The largest absolute Gasteiger partial charge is 0.444 e. The second-order valence-electron chi connectivity index (χ2n) is 7.52. The van der Waals surface area contributed by atoms with Gasteiger partial charge >= 0.3 is 6.09 Å². The van der Waals surface area contributed by atoms with Crippen molar-refractivity contribution in [2.24, 2.45) is 0 Å². The number of nitro groups is 1. The highest BCUT2D eigenvalue weighted by Crippen LogP contribution is 2.22. The molecule has 0 unspecified atom stereocenters. The van der Waals surface area contributed by atoms with E-state index in [0.29, 0.717) is 12.8 Å². The summed E-state index contributed by atoms with van der Waals surface area (Å²) in [7, 11) is -3.87. The first kappa shape index (κ1) is 21.1. The van der Waals surface area contributed by atoms with Crippen LogP contribution in [-0.2, 0) is 14.8 Å². The smallest absolute Gasteiger partial charge is 0.407 e. The average molecular weight is 399 g/mol. The molecule has 0 bridgehead atoms. The Balaban J connectivity index is 2.09. The lowest BCUT2D eigenvalue weighted by Crippen LogP contribution is -2.53. The first-order chi connectivity index (χ1) is 12.5. The Bertz CT molecular complexity index is 786. The van der Waals surface area contributed by atoms with Gasteiger partial charge in [0, 0.05) is 24.2 Å². The number of hydrogen-bond donors (Lipinski definition) is 2. The minimum absolute atomic E-state index is 0.0605. The molecule has 0 saturated heterocycles. The van der Waals surface area contributed by atoms with Gasteiger partial charge in [0.25, 0.3) is 5.69 Å². The van der Waals surface area contributed by atoms with E-state index in [9.17, 15) is 23.3 Å². The first-order valence-electron chi connectivity index (χ1n) is 8.74. The van der Waals surface area contributed by atoms with Crippen molar-refractivity contribution in [2.75, 3.05) is 0 Å². The zero-order valence-electron chi connectivity index (χ0n) is 15.6. The van der Waals surface area contributed by atoms with Crippen molar-refractivity contribution < 1.29 is 22.9 Å². The van der Waals surface area contributed by atoms with Gasteiger partial charge in [0.1, 0.15) is 5.60 Å². The first-order valence-corrected chi connectivity index (χ1v) is 10.2. The molecule has 1 amide bonds. The number of ether oxygens (including phenoxy) is 1. The maximum absolute atomic E-state index is 12.6. The highest BCUT2D eigenvalue weighted by Gasteiger charge is 2.32. The lowest BCUT2D eigenvalue weighted by molar-refractivity contribution is -0.384. The minimum Gasteiger partial charge on any atom is -0.444 e. The summed E-state index contributed by atoms with van der Waals surface area (Å²) >= 11 is 0. The number of nitro benzene ring substituents is 1. The second kappa shape index (κ2) is 8.22. The van der Waals surface area contributed by atoms with Gasteiger partial charge in [0.2, 0.25) is 10.0 Å². The van der Waals surface area contributed by atoms with Gasteiger partial charge in [-0.05, 0) is 45.7 Å². The molecule has 0 radical (unpaired) electrons. The number of nitrogens with zero attached hydrogens (tertiary/aromatic N) is 1. The van der Waals surface area contributed by atoms with E-state index in [1.165, 1.54) is 12.1 Å². The van der Waals surface area contributed by atoms with Crippen LogP contribution in [0, 0.1) is 10.1 Å². The predicted octanol–water partition coefficient (Wildman–Crippen LogP) is 2.71. The van der Waals surface area contributed by atoms with Crippen molar-refractivity contribution in [1.29, 1.82) is 0 Å². The molecular formula is C17H25N3O6S. The highest BCUT2D eigenvalue weighted by molar-refractivity contribution is 7.89. The Labute approximate surface area is 158 Å². The van der Waals surface area contributed by atoms with Gasteiger partial charge < -0.3 is 10.1 Å². The van der Waals surface area contributed by atoms with Crippen LogP contribution in [0.3, 0.4) is 0 Å². The molecule has 1 saturated carbocycles. The van der Waals surface area contributed by atoms with E-state index in [2.05, 4.69) is 10.0 Å². The molecule has 2 atom stereocenters. The Kier molecular flexibility index (Phi) is 6.42. The fourth-order valence-corrected chi connectivity index (χ4v) is 4.23. The molecule has 1 aromatic carbocycles. The fourth-order valence-electron chi connectivity index (χ4n) is 2.92. The summed E-state index contributed by atoms with van der Waals surface area (Å²) < 4.78 is 33.1. The number of sulfonamides is 1. The van der Waals surface area contributed by atoms with E-state index in [1.807, 2.05) is 0 Å². The number of carbonyl (C=O) groups is 1. The number of hydrogen-bond acceptors (Lipinski definition) is 6. The van der Waals surface area contributed by atoms with E-state index in [1.54, 1.807) is 20.8 Å². The Hall–Kier alpha value is -2.20. The van der Waals surface area contributed by atoms with Crippen molar-refractivity contribution in [1.82, 2.24) is 10.0 Å². The molecule has 1 aliphatic rings. The molecule has 2 N–H and O–H groups in total. The predicted molar refractivity (Wildman–Crippen MR) is 98.8 cm³/mol.